The number of nitrogens with one attached hydrogen (secondary N) is 2. The van der Waals surface area contributed by atoms with E-state index < -0.39 is 17.8 Å². The number of fused-ring (bicyclic) bond motifs is 1. The van der Waals surface area contributed by atoms with Gasteiger partial charge >= 0.3 is 12.1 Å². The van der Waals surface area contributed by atoms with Crippen LogP contribution in [0.5, 0.6) is 0 Å². The van der Waals surface area contributed by atoms with E-state index in [-0.39, 0.29) is 41.1 Å². The first-order valence-corrected chi connectivity index (χ1v) is 12.0. The molecule has 190 valence electrons. The van der Waals surface area contributed by atoms with Gasteiger partial charge in [-0.05, 0) is 37.5 Å². The molecule has 4 N–H and O–H groups in total. The van der Waals surface area contributed by atoms with Crippen molar-refractivity contribution in [3.05, 3.63) is 30.1 Å². The first kappa shape index (κ1) is 25.3. The number of primary amides is 1. The zero-order valence-corrected chi connectivity index (χ0v) is 20.1. The van der Waals surface area contributed by atoms with E-state index in [1.807, 2.05) is 4.90 Å². The van der Waals surface area contributed by atoms with Crippen LogP contribution in [0.3, 0.4) is 0 Å². The van der Waals surface area contributed by atoms with E-state index in [4.69, 9.17) is 0 Å². The van der Waals surface area contributed by atoms with E-state index in [2.05, 4.69) is 34.4 Å². The summed E-state index contributed by atoms with van der Waals surface area (Å²) in [5.74, 6) is 0.0726. The third kappa shape index (κ3) is 5.72. The molecule has 2 aliphatic rings. The van der Waals surface area contributed by atoms with Crippen molar-refractivity contribution in [2.45, 2.75) is 82.8 Å². The van der Waals surface area contributed by atoms with Crippen LogP contribution in [0.1, 0.15) is 52.0 Å². The molecule has 11 heteroatoms. The first-order valence-electron chi connectivity index (χ1n) is 12.0. The number of nitrogens with zero attached hydrogens (tertiary/aromatic N) is 3. The lowest BCUT2D eigenvalue weighted by Crippen LogP contribution is -2.96. The summed E-state index contributed by atoms with van der Waals surface area (Å²) >= 11 is 0. The van der Waals surface area contributed by atoms with Crippen molar-refractivity contribution in [3.63, 3.8) is 0 Å². The zero-order chi connectivity index (χ0) is 25.3. The van der Waals surface area contributed by atoms with E-state index in [0.717, 1.165) is 31.4 Å². The van der Waals surface area contributed by atoms with Crippen LogP contribution in [0.2, 0.25) is 0 Å². The van der Waals surface area contributed by atoms with Crippen molar-refractivity contribution in [2.24, 2.45) is 0 Å². The van der Waals surface area contributed by atoms with Crippen molar-refractivity contribution in [1.29, 1.82) is 0 Å². The number of amides is 2. The highest BCUT2D eigenvalue weighted by molar-refractivity contribution is 5.93. The highest BCUT2D eigenvalue weighted by atomic mass is 19.4. The van der Waals surface area contributed by atoms with Crippen molar-refractivity contribution >= 4 is 28.5 Å². The third-order valence-electron chi connectivity index (χ3n) is 6.79. The van der Waals surface area contributed by atoms with Gasteiger partial charge in [-0.1, -0.05) is 13.8 Å². The normalized spacial score (nSPS) is 25.5. The second-order valence-electron chi connectivity index (χ2n) is 9.81. The number of hydrogen-bond donors (Lipinski definition) is 3. The topological polar surface area (TPSA) is 104 Å². The summed E-state index contributed by atoms with van der Waals surface area (Å²) in [6.45, 7) is 6.22. The van der Waals surface area contributed by atoms with E-state index in [1.54, 1.807) is 5.32 Å². The molecule has 1 aromatic carbocycles. The molecule has 2 heterocycles. The third-order valence-corrected chi connectivity index (χ3v) is 6.79. The van der Waals surface area contributed by atoms with Gasteiger partial charge in [0.05, 0.1) is 24.0 Å². The first-order chi connectivity index (χ1) is 16.5. The van der Waals surface area contributed by atoms with Crippen molar-refractivity contribution in [3.8, 4) is 0 Å². The number of rotatable bonds is 6. The summed E-state index contributed by atoms with van der Waals surface area (Å²) in [5, 5.41) is 8.56. The maximum Gasteiger partial charge on any atom is 0.416 e. The number of hydrogen-bond acceptors (Lipinski definition) is 6. The molecular weight excluding hydrogens is 461 g/mol. The predicted molar refractivity (Wildman–Crippen MR) is 124 cm³/mol. The number of halogens is 3. The van der Waals surface area contributed by atoms with Gasteiger partial charge in [0.2, 0.25) is 5.91 Å². The summed E-state index contributed by atoms with van der Waals surface area (Å²) in [7, 11) is 0. The number of nitrogens with two attached hydrogens (primary N) is 1. The SMILES string of the molecule is CC(=O)[NH2+]C1CC(NC(C)C)CC[C@@H]1N1CCC(Nc2ncnc3ccc(C(F)(F)F)cc23)C1=O. The number of quaternary nitrogens is 1. The monoisotopic (exact) mass is 493 g/mol. The molecule has 2 fully saturated rings. The van der Waals surface area contributed by atoms with Crippen molar-refractivity contribution in [2.75, 3.05) is 11.9 Å². The van der Waals surface area contributed by atoms with Gasteiger partial charge in [0.25, 0.3) is 0 Å². The van der Waals surface area contributed by atoms with Crippen LogP contribution < -0.4 is 16.0 Å². The van der Waals surface area contributed by atoms with Crippen LogP contribution in [0.15, 0.2) is 24.5 Å². The standard InChI is InChI=1S/C24H31F3N6O2/c1-13(2)30-16-5-7-21(20(11-16)31-14(3)34)33-9-8-19(23(33)35)32-22-17-10-15(24(25,26)27)4-6-18(17)28-12-29-22/h4,6,10,12-13,16,19-21,30H,5,7-9,11H2,1-3H3,(H,31,34)(H,28,29,32)/p+1/t16?,19?,20?,21-/m0/s1. The Kier molecular flexibility index (Phi) is 7.27. The minimum atomic E-state index is -4.49. The van der Waals surface area contributed by atoms with Gasteiger partial charge in [-0.25, -0.2) is 14.8 Å². The van der Waals surface area contributed by atoms with Crippen LogP contribution >= 0.6 is 0 Å². The Bertz CT molecular complexity index is 1090. The van der Waals surface area contributed by atoms with E-state index in [9.17, 15) is 22.8 Å². The Morgan fingerprint density at radius 2 is 1.97 bits per heavy atom. The molecule has 0 radical (unpaired) electrons. The average molecular weight is 494 g/mol. The smallest absolute Gasteiger partial charge is 0.358 e. The van der Waals surface area contributed by atoms with Crippen LogP contribution in [0.4, 0.5) is 19.0 Å². The molecule has 1 aliphatic heterocycles. The number of anilines is 1. The second-order valence-corrected chi connectivity index (χ2v) is 9.81. The van der Waals surface area contributed by atoms with Crippen LogP contribution in [0, 0.1) is 0 Å². The summed E-state index contributed by atoms with van der Waals surface area (Å²) in [5.41, 5.74) is -0.429. The van der Waals surface area contributed by atoms with Gasteiger partial charge in [-0.3, -0.25) is 10.1 Å². The Balaban J connectivity index is 1.51. The minimum Gasteiger partial charge on any atom is -0.358 e. The van der Waals surface area contributed by atoms with Crippen LogP contribution in [-0.2, 0) is 15.8 Å². The maximum absolute atomic E-state index is 13.4. The fourth-order valence-corrected chi connectivity index (χ4v) is 5.36. The molecule has 1 saturated heterocycles. The van der Waals surface area contributed by atoms with Gasteiger partial charge in [0.1, 0.15) is 24.2 Å². The van der Waals surface area contributed by atoms with Crippen LogP contribution in [-0.4, -0.2) is 63.4 Å². The average Bonchev–Trinajstić information content (AvgIpc) is 3.12. The second kappa shape index (κ2) is 10.1. The number of carbonyl (C=O) groups excluding carboxylic acids is 2. The largest absolute Gasteiger partial charge is 0.416 e. The highest BCUT2D eigenvalue weighted by Gasteiger charge is 2.44. The molecule has 2 aromatic rings. The molecule has 35 heavy (non-hydrogen) atoms. The van der Waals surface area contributed by atoms with Gasteiger partial charge in [0.15, 0.2) is 0 Å². The zero-order valence-electron chi connectivity index (χ0n) is 20.1. The van der Waals surface area contributed by atoms with Gasteiger partial charge < -0.3 is 15.5 Å². The fourth-order valence-electron chi connectivity index (χ4n) is 5.36. The molecule has 1 aliphatic carbocycles. The summed E-state index contributed by atoms with van der Waals surface area (Å²) < 4.78 is 39.7. The number of benzene rings is 1. The van der Waals surface area contributed by atoms with Gasteiger partial charge in [0, 0.05) is 30.4 Å². The molecule has 0 bridgehead atoms. The molecule has 4 rings (SSSR count). The molecule has 1 aromatic heterocycles. The van der Waals surface area contributed by atoms with Gasteiger partial charge in [-0.15, -0.1) is 0 Å². The van der Waals surface area contributed by atoms with Crippen LogP contribution in [0.25, 0.3) is 10.9 Å². The number of aromatic nitrogens is 2. The molecular formula is C24H32F3N6O2+. The van der Waals surface area contributed by atoms with E-state index in [1.165, 1.54) is 19.3 Å². The van der Waals surface area contributed by atoms with E-state index in [0.29, 0.717) is 24.5 Å². The predicted octanol–water partition coefficient (Wildman–Crippen LogP) is 2.06. The summed E-state index contributed by atoms with van der Waals surface area (Å²) in [4.78, 5) is 35.3. The van der Waals surface area contributed by atoms with Gasteiger partial charge in [-0.2, -0.15) is 13.2 Å². The van der Waals surface area contributed by atoms with Crippen molar-refractivity contribution in [1.82, 2.24) is 20.2 Å². The molecule has 0 spiro atoms. The molecule has 1 saturated carbocycles. The number of likely N-dealkylation sites (tertiary alicyclic amines) is 1. The Hall–Kier alpha value is -2.79. The molecule has 4 atom stereocenters. The van der Waals surface area contributed by atoms with E-state index >= 15 is 0 Å². The molecule has 3 unspecified atom stereocenters. The summed E-state index contributed by atoms with van der Waals surface area (Å²) in [6.07, 6.45) is -0.253. The Morgan fingerprint density at radius 3 is 2.66 bits per heavy atom. The lowest BCUT2D eigenvalue weighted by atomic mass is 9.85. The number of alkyl halides is 3. The molecule has 2 amide bonds. The fraction of sp³-hybridized carbons (Fsp3) is 0.583. The highest BCUT2D eigenvalue weighted by Crippen LogP contribution is 2.33. The lowest BCUT2D eigenvalue weighted by Gasteiger charge is -2.39. The minimum absolute atomic E-state index is 0.0144. The quantitative estimate of drug-likeness (QED) is 0.569. The Labute approximate surface area is 202 Å². The molecule has 8 nitrogen and oxygen atoms in total. The lowest BCUT2D eigenvalue weighted by molar-refractivity contribution is -0.613. The Morgan fingerprint density at radius 1 is 1.20 bits per heavy atom. The van der Waals surface area contributed by atoms with Crippen molar-refractivity contribution < 1.29 is 28.1 Å². The summed E-state index contributed by atoms with van der Waals surface area (Å²) in [6, 6.07) is 3.18. The number of carbonyl (C=O) groups is 2. The maximum atomic E-state index is 13.4.